The van der Waals surface area contributed by atoms with Crippen LogP contribution in [0.25, 0.3) is 0 Å². The zero-order chi connectivity index (χ0) is 28.3. The lowest BCUT2D eigenvalue weighted by atomic mass is 10.1. The van der Waals surface area contributed by atoms with Crippen LogP contribution in [0.5, 0.6) is 0 Å². The van der Waals surface area contributed by atoms with E-state index < -0.39 is 0 Å². The second-order valence-electron chi connectivity index (χ2n) is 11.2. The van der Waals surface area contributed by atoms with Gasteiger partial charge in [0.05, 0.1) is 5.70 Å². The Hall–Kier alpha value is -3.41. The van der Waals surface area contributed by atoms with E-state index in [1.165, 1.54) is 16.7 Å². The van der Waals surface area contributed by atoms with E-state index in [0.29, 0.717) is 5.76 Å². The molecule has 212 valence electrons. The van der Waals surface area contributed by atoms with Gasteiger partial charge in [0, 0.05) is 59.3 Å². The van der Waals surface area contributed by atoms with Gasteiger partial charge in [-0.15, -0.1) is 0 Å². The number of carbonyl (C=O) groups is 1. The summed E-state index contributed by atoms with van der Waals surface area (Å²) < 4.78 is 6.54. The minimum Gasteiger partial charge on any atom is -0.484 e. The third-order valence-corrected chi connectivity index (χ3v) is 7.57. The zero-order valence-corrected chi connectivity index (χ0v) is 24.5. The highest BCUT2D eigenvalue weighted by Crippen LogP contribution is 2.24. The Morgan fingerprint density at radius 2 is 1.48 bits per heavy atom. The van der Waals surface area contributed by atoms with Crippen molar-refractivity contribution >= 4 is 5.78 Å². The van der Waals surface area contributed by atoms with Gasteiger partial charge in [0.2, 0.25) is 0 Å². The van der Waals surface area contributed by atoms with Gasteiger partial charge in [-0.05, 0) is 43.9 Å². The summed E-state index contributed by atoms with van der Waals surface area (Å²) in [7, 11) is 0. The Balaban J connectivity index is 1.44. The van der Waals surface area contributed by atoms with Gasteiger partial charge in [0.25, 0.3) is 0 Å². The number of likely N-dealkylation sites (tertiary alicyclic amines) is 1. The van der Waals surface area contributed by atoms with E-state index in [-0.39, 0.29) is 11.9 Å². The Bertz CT molecular complexity index is 1210. The van der Waals surface area contributed by atoms with Crippen LogP contribution in [-0.2, 0) is 22.6 Å². The first-order chi connectivity index (χ1) is 19.4. The standard InChI is InChI=1S/C35H45N3O2/c1-28(2)11-8-9-16-34(38-23-21-37(22-24-38)27-32-15-10-12-29(3)25-32)35(30(4)39)40-33-17-19-36(20-18-33)26-31-13-6-5-7-14-31/h5-16,25,33H,1,17-24,26-27H2,2-4H3/b11-8+,16-9+,35-34-. The van der Waals surface area contributed by atoms with E-state index in [1.54, 1.807) is 6.92 Å². The molecular formula is C35H45N3O2. The third-order valence-electron chi connectivity index (χ3n) is 7.57. The molecule has 0 amide bonds. The van der Waals surface area contributed by atoms with Crippen molar-refractivity contribution < 1.29 is 9.53 Å². The number of rotatable bonds is 11. The van der Waals surface area contributed by atoms with Gasteiger partial charge < -0.3 is 9.64 Å². The van der Waals surface area contributed by atoms with Gasteiger partial charge >= 0.3 is 0 Å². The average molecular weight is 540 g/mol. The third kappa shape index (κ3) is 9.07. The van der Waals surface area contributed by atoms with Gasteiger partial charge in [-0.3, -0.25) is 14.6 Å². The quantitative estimate of drug-likeness (QED) is 0.191. The lowest BCUT2D eigenvalue weighted by Crippen LogP contribution is -2.45. The smallest absolute Gasteiger partial charge is 0.196 e. The van der Waals surface area contributed by atoms with E-state index in [1.807, 2.05) is 31.2 Å². The van der Waals surface area contributed by atoms with Crippen LogP contribution in [0.1, 0.15) is 43.4 Å². The number of nitrogens with zero attached hydrogens (tertiary/aromatic N) is 3. The van der Waals surface area contributed by atoms with Crippen LogP contribution in [0.3, 0.4) is 0 Å². The Morgan fingerprint density at radius 3 is 2.12 bits per heavy atom. The van der Waals surface area contributed by atoms with Crippen molar-refractivity contribution in [3.05, 3.63) is 119 Å². The SMILES string of the molecule is C=C(C)/C=C/C=C/C(=C(/OC1CCN(Cc2ccccc2)CC1)C(C)=O)N1CCN(Cc2cccc(C)c2)CC1. The van der Waals surface area contributed by atoms with Crippen LogP contribution in [-0.4, -0.2) is 65.9 Å². The van der Waals surface area contributed by atoms with Gasteiger partial charge in [-0.2, -0.15) is 0 Å². The summed E-state index contributed by atoms with van der Waals surface area (Å²) >= 11 is 0. The van der Waals surface area contributed by atoms with Crippen molar-refractivity contribution in [1.82, 2.24) is 14.7 Å². The number of hydrogen-bond acceptors (Lipinski definition) is 5. The molecule has 2 aromatic rings. The molecule has 2 aliphatic rings. The predicted molar refractivity (Wildman–Crippen MR) is 165 cm³/mol. The number of piperidine rings is 1. The maximum absolute atomic E-state index is 13.0. The summed E-state index contributed by atoms with van der Waals surface area (Å²) in [6.07, 6.45) is 9.87. The van der Waals surface area contributed by atoms with Crippen molar-refractivity contribution in [1.29, 1.82) is 0 Å². The normalized spacial score (nSPS) is 18.3. The fourth-order valence-electron chi connectivity index (χ4n) is 5.42. The van der Waals surface area contributed by atoms with Crippen LogP contribution in [0.15, 0.2) is 103 Å². The first-order valence-electron chi connectivity index (χ1n) is 14.6. The van der Waals surface area contributed by atoms with Crippen LogP contribution >= 0.6 is 0 Å². The van der Waals surface area contributed by atoms with E-state index >= 15 is 0 Å². The number of piperazine rings is 1. The maximum Gasteiger partial charge on any atom is 0.196 e. The summed E-state index contributed by atoms with van der Waals surface area (Å²) in [4.78, 5) is 20.3. The first-order valence-corrected chi connectivity index (χ1v) is 14.6. The van der Waals surface area contributed by atoms with Crippen molar-refractivity contribution in [3.8, 4) is 0 Å². The molecule has 2 heterocycles. The maximum atomic E-state index is 13.0. The number of ketones is 1. The highest BCUT2D eigenvalue weighted by Gasteiger charge is 2.27. The lowest BCUT2D eigenvalue weighted by Gasteiger charge is -2.38. The zero-order valence-electron chi connectivity index (χ0n) is 24.5. The van der Waals surface area contributed by atoms with Gasteiger partial charge in [-0.25, -0.2) is 0 Å². The number of ether oxygens (including phenoxy) is 1. The molecule has 5 heteroatoms. The van der Waals surface area contributed by atoms with Crippen LogP contribution in [0.4, 0.5) is 0 Å². The molecule has 2 saturated heterocycles. The molecule has 2 aromatic carbocycles. The minimum atomic E-state index is -0.0163. The van der Waals surface area contributed by atoms with Crippen LogP contribution in [0.2, 0.25) is 0 Å². The van der Waals surface area contributed by atoms with Crippen molar-refractivity contribution in [2.45, 2.75) is 52.8 Å². The molecule has 40 heavy (non-hydrogen) atoms. The molecule has 5 nitrogen and oxygen atoms in total. The van der Waals surface area contributed by atoms with Crippen molar-refractivity contribution in [2.24, 2.45) is 0 Å². The van der Waals surface area contributed by atoms with Gasteiger partial charge in [-0.1, -0.05) is 90.5 Å². The fourth-order valence-corrected chi connectivity index (χ4v) is 5.42. The number of Topliss-reactive ketones (excluding diaryl/α,β-unsaturated/α-hetero) is 1. The summed E-state index contributed by atoms with van der Waals surface area (Å²) in [6.45, 7) is 17.1. The molecule has 0 atom stereocenters. The largest absolute Gasteiger partial charge is 0.484 e. The fraction of sp³-hybridized carbons (Fsp3) is 0.400. The van der Waals surface area contributed by atoms with Crippen molar-refractivity contribution in [2.75, 3.05) is 39.3 Å². The van der Waals surface area contributed by atoms with Crippen LogP contribution in [0, 0.1) is 6.92 Å². The molecular weight excluding hydrogens is 494 g/mol. The topological polar surface area (TPSA) is 36.0 Å². The summed E-state index contributed by atoms with van der Waals surface area (Å²) in [6, 6.07) is 19.4. The van der Waals surface area contributed by atoms with Gasteiger partial charge in [0.1, 0.15) is 6.10 Å². The number of allylic oxidation sites excluding steroid dienone is 6. The molecule has 2 fully saturated rings. The minimum absolute atomic E-state index is 0.0163. The first kappa shape index (κ1) is 29.6. The molecule has 0 bridgehead atoms. The summed E-state index contributed by atoms with van der Waals surface area (Å²) in [5.41, 5.74) is 5.86. The van der Waals surface area contributed by atoms with Crippen molar-refractivity contribution in [3.63, 3.8) is 0 Å². The highest BCUT2D eigenvalue weighted by atomic mass is 16.5. The number of benzene rings is 2. The van der Waals surface area contributed by atoms with E-state index in [0.717, 1.165) is 76.5 Å². The summed E-state index contributed by atoms with van der Waals surface area (Å²) in [5, 5.41) is 0. The predicted octanol–water partition coefficient (Wildman–Crippen LogP) is 6.28. The Morgan fingerprint density at radius 1 is 0.850 bits per heavy atom. The summed E-state index contributed by atoms with van der Waals surface area (Å²) in [5.74, 6) is 0.478. The van der Waals surface area contributed by atoms with Crippen LogP contribution < -0.4 is 0 Å². The Labute approximate surface area is 241 Å². The molecule has 0 spiro atoms. The van der Waals surface area contributed by atoms with Gasteiger partial charge in [0.15, 0.2) is 11.5 Å². The number of aryl methyl sites for hydroxylation is 1. The van der Waals surface area contributed by atoms with E-state index in [4.69, 9.17) is 4.74 Å². The monoisotopic (exact) mass is 539 g/mol. The molecule has 0 radical (unpaired) electrons. The molecule has 0 unspecified atom stereocenters. The van der Waals surface area contributed by atoms with E-state index in [9.17, 15) is 4.79 Å². The molecule has 4 rings (SSSR count). The molecule has 2 aliphatic heterocycles. The molecule has 0 aliphatic carbocycles. The molecule has 0 aromatic heterocycles. The second kappa shape index (κ2) is 14.8. The van der Waals surface area contributed by atoms with E-state index in [2.05, 4.69) is 82.8 Å². The Kier molecular flexibility index (Phi) is 11.0. The number of carbonyl (C=O) groups excluding carboxylic acids is 1. The lowest BCUT2D eigenvalue weighted by molar-refractivity contribution is -0.118. The number of hydrogen-bond donors (Lipinski definition) is 0. The second-order valence-corrected chi connectivity index (χ2v) is 11.2. The average Bonchev–Trinajstić information content (AvgIpc) is 2.94. The highest BCUT2D eigenvalue weighted by molar-refractivity contribution is 5.92. The molecule has 0 N–H and O–H groups in total. The molecule has 0 saturated carbocycles.